The second-order valence-corrected chi connectivity index (χ2v) is 8.42. The second kappa shape index (κ2) is 10.3. The molecule has 1 aliphatic rings. The number of para-hydroxylation sites is 2. The van der Waals surface area contributed by atoms with Gasteiger partial charge in [0.2, 0.25) is 0 Å². The lowest BCUT2D eigenvalue weighted by atomic mass is 10.2. The Balaban J connectivity index is 1.36. The molecule has 7 heteroatoms. The molecule has 0 spiro atoms. The highest BCUT2D eigenvalue weighted by atomic mass is 32.2. The summed E-state index contributed by atoms with van der Waals surface area (Å²) in [4.78, 5) is 15.0. The summed E-state index contributed by atoms with van der Waals surface area (Å²) in [5.41, 5.74) is 0.838. The van der Waals surface area contributed by atoms with Crippen LogP contribution in [0.15, 0.2) is 82.3 Å². The number of thioether (sulfide) groups is 1. The minimum atomic E-state index is -0.127. The number of rotatable bonds is 9. The predicted octanol–water partition coefficient (Wildman–Crippen LogP) is 5.53. The van der Waals surface area contributed by atoms with Crippen LogP contribution in [0.1, 0.15) is 17.7 Å². The van der Waals surface area contributed by atoms with E-state index in [0.717, 1.165) is 23.5 Å². The molecule has 0 radical (unpaired) electrons. The first kappa shape index (κ1) is 21.2. The number of carbonyl (C=O) groups excluding carboxylic acids is 1. The normalized spacial score (nSPS) is 15.0. The van der Waals surface area contributed by atoms with Gasteiger partial charge in [-0.25, -0.2) is 0 Å². The average molecular weight is 452 g/mol. The molecule has 0 unspecified atom stereocenters. The lowest BCUT2D eigenvalue weighted by Crippen LogP contribution is -2.27. The highest BCUT2D eigenvalue weighted by molar-refractivity contribution is 8.26. The van der Waals surface area contributed by atoms with Gasteiger partial charge in [0, 0.05) is 12.0 Å². The second-order valence-electron chi connectivity index (χ2n) is 6.75. The molecule has 2 aromatic carbocycles. The quantitative estimate of drug-likeness (QED) is 0.242. The first-order valence-electron chi connectivity index (χ1n) is 9.88. The van der Waals surface area contributed by atoms with Crippen molar-refractivity contribution in [3.05, 3.63) is 89.2 Å². The third-order valence-electron chi connectivity index (χ3n) is 4.53. The topological polar surface area (TPSA) is 51.9 Å². The number of amides is 1. The molecule has 0 atom stereocenters. The van der Waals surface area contributed by atoms with Gasteiger partial charge in [-0.05, 0) is 36.4 Å². The van der Waals surface area contributed by atoms with E-state index in [9.17, 15) is 4.79 Å². The van der Waals surface area contributed by atoms with E-state index in [2.05, 4.69) is 0 Å². The highest BCUT2D eigenvalue weighted by Crippen LogP contribution is 2.35. The van der Waals surface area contributed by atoms with Gasteiger partial charge in [0.05, 0.1) is 30.9 Å². The molecule has 4 rings (SSSR count). The zero-order valence-electron chi connectivity index (χ0n) is 16.7. The number of ether oxygens (including phenoxy) is 2. The lowest BCUT2D eigenvalue weighted by Gasteiger charge is -2.12. The summed E-state index contributed by atoms with van der Waals surface area (Å²) in [5, 5.41) is 0. The van der Waals surface area contributed by atoms with Crippen LogP contribution in [-0.2, 0) is 11.3 Å². The average Bonchev–Trinajstić information content (AvgIpc) is 3.39. The summed E-state index contributed by atoms with van der Waals surface area (Å²) in [6.07, 6.45) is 4.16. The van der Waals surface area contributed by atoms with Crippen molar-refractivity contribution in [1.29, 1.82) is 0 Å². The maximum Gasteiger partial charge on any atom is 0.266 e. The van der Waals surface area contributed by atoms with Gasteiger partial charge in [0.1, 0.15) is 21.6 Å². The Bertz CT molecular complexity index is 1060. The Morgan fingerprint density at radius 2 is 1.74 bits per heavy atom. The van der Waals surface area contributed by atoms with Crippen molar-refractivity contribution in [2.75, 3.05) is 13.2 Å². The molecule has 0 N–H and O–H groups in total. The Hall–Kier alpha value is -3.03. The SMILES string of the molecule is O=C1/C(=C/c2ccccc2OCCCOc2ccccc2)SC(=S)N1Cc1ccco1. The number of carbonyl (C=O) groups is 1. The summed E-state index contributed by atoms with van der Waals surface area (Å²) < 4.78 is 17.5. The summed E-state index contributed by atoms with van der Waals surface area (Å²) in [6, 6.07) is 21.0. The van der Waals surface area contributed by atoms with Gasteiger partial charge in [0.15, 0.2) is 0 Å². The molecule has 1 fully saturated rings. The van der Waals surface area contributed by atoms with Crippen LogP contribution in [0.25, 0.3) is 6.08 Å². The van der Waals surface area contributed by atoms with E-state index >= 15 is 0 Å². The number of benzene rings is 2. The third-order valence-corrected chi connectivity index (χ3v) is 5.91. The van der Waals surface area contributed by atoms with Gasteiger partial charge in [0.25, 0.3) is 5.91 Å². The highest BCUT2D eigenvalue weighted by Gasteiger charge is 2.32. The van der Waals surface area contributed by atoms with Crippen LogP contribution >= 0.6 is 24.0 Å². The van der Waals surface area contributed by atoms with E-state index in [-0.39, 0.29) is 5.91 Å². The number of hydrogen-bond donors (Lipinski definition) is 0. The molecule has 3 aromatic rings. The van der Waals surface area contributed by atoms with Gasteiger partial charge < -0.3 is 13.9 Å². The first-order valence-corrected chi connectivity index (χ1v) is 11.1. The van der Waals surface area contributed by atoms with Crippen molar-refractivity contribution in [3.8, 4) is 11.5 Å². The minimum Gasteiger partial charge on any atom is -0.493 e. The molecule has 158 valence electrons. The fourth-order valence-corrected chi connectivity index (χ4v) is 4.26. The van der Waals surface area contributed by atoms with Crippen molar-refractivity contribution in [2.45, 2.75) is 13.0 Å². The van der Waals surface area contributed by atoms with Crippen molar-refractivity contribution in [1.82, 2.24) is 4.90 Å². The van der Waals surface area contributed by atoms with E-state index < -0.39 is 0 Å². The molecule has 1 aromatic heterocycles. The van der Waals surface area contributed by atoms with Crippen LogP contribution in [0.4, 0.5) is 0 Å². The van der Waals surface area contributed by atoms with Crippen molar-refractivity contribution < 1.29 is 18.7 Å². The zero-order valence-corrected chi connectivity index (χ0v) is 18.4. The summed E-state index contributed by atoms with van der Waals surface area (Å²) in [5.74, 6) is 2.13. The van der Waals surface area contributed by atoms with Gasteiger partial charge in [-0.1, -0.05) is 60.4 Å². The smallest absolute Gasteiger partial charge is 0.266 e. The molecule has 0 bridgehead atoms. The monoisotopic (exact) mass is 451 g/mol. The molecule has 1 saturated heterocycles. The number of hydrogen-bond acceptors (Lipinski definition) is 6. The fraction of sp³-hybridized carbons (Fsp3) is 0.167. The Morgan fingerprint density at radius 3 is 2.55 bits per heavy atom. The molecular formula is C24H21NO4S2. The third kappa shape index (κ3) is 5.57. The van der Waals surface area contributed by atoms with Crippen molar-refractivity contribution in [2.24, 2.45) is 0 Å². The van der Waals surface area contributed by atoms with E-state index in [1.165, 1.54) is 11.8 Å². The number of nitrogens with zero attached hydrogens (tertiary/aromatic N) is 1. The van der Waals surface area contributed by atoms with Crippen LogP contribution in [0.2, 0.25) is 0 Å². The van der Waals surface area contributed by atoms with E-state index in [1.807, 2.05) is 66.7 Å². The molecule has 1 amide bonds. The van der Waals surface area contributed by atoms with Gasteiger partial charge in [-0.15, -0.1) is 0 Å². The Morgan fingerprint density at radius 1 is 0.968 bits per heavy atom. The van der Waals surface area contributed by atoms with Gasteiger partial charge >= 0.3 is 0 Å². The molecule has 0 saturated carbocycles. The summed E-state index contributed by atoms with van der Waals surface area (Å²) >= 11 is 6.69. The molecule has 1 aliphatic heterocycles. The van der Waals surface area contributed by atoms with Crippen LogP contribution in [0.5, 0.6) is 11.5 Å². The molecule has 5 nitrogen and oxygen atoms in total. The lowest BCUT2D eigenvalue weighted by molar-refractivity contribution is -0.122. The summed E-state index contributed by atoms with van der Waals surface area (Å²) in [6.45, 7) is 1.41. The minimum absolute atomic E-state index is 0.127. The van der Waals surface area contributed by atoms with Crippen LogP contribution in [0, 0.1) is 0 Å². The maximum absolute atomic E-state index is 12.8. The maximum atomic E-state index is 12.8. The predicted molar refractivity (Wildman–Crippen MR) is 126 cm³/mol. The molecule has 2 heterocycles. The van der Waals surface area contributed by atoms with Crippen molar-refractivity contribution >= 4 is 40.3 Å². The van der Waals surface area contributed by atoms with Crippen LogP contribution in [-0.4, -0.2) is 28.3 Å². The van der Waals surface area contributed by atoms with Crippen LogP contribution < -0.4 is 9.47 Å². The van der Waals surface area contributed by atoms with E-state index in [1.54, 1.807) is 17.2 Å². The molecule has 31 heavy (non-hydrogen) atoms. The molecular weight excluding hydrogens is 430 g/mol. The largest absolute Gasteiger partial charge is 0.493 e. The summed E-state index contributed by atoms with van der Waals surface area (Å²) in [7, 11) is 0. The number of thiocarbonyl (C=S) groups is 1. The van der Waals surface area contributed by atoms with E-state index in [0.29, 0.717) is 34.7 Å². The van der Waals surface area contributed by atoms with Gasteiger partial charge in [-0.2, -0.15) is 0 Å². The fourth-order valence-electron chi connectivity index (χ4n) is 3.01. The Kier molecular flexibility index (Phi) is 7.07. The van der Waals surface area contributed by atoms with Gasteiger partial charge in [-0.3, -0.25) is 9.69 Å². The van der Waals surface area contributed by atoms with Crippen LogP contribution in [0.3, 0.4) is 0 Å². The first-order chi connectivity index (χ1) is 15.2. The Labute approximate surface area is 190 Å². The standard InChI is InChI=1S/C24H21NO4S2/c26-23-22(31-24(30)25(23)17-20-11-6-13-28-20)16-18-8-4-5-12-21(18)29-15-7-14-27-19-9-2-1-3-10-19/h1-6,8-13,16H,7,14-15,17H2/b22-16-. The van der Waals surface area contributed by atoms with E-state index in [4.69, 9.17) is 26.1 Å². The number of furan rings is 1. The van der Waals surface area contributed by atoms with Crippen molar-refractivity contribution in [3.63, 3.8) is 0 Å². The molecule has 0 aliphatic carbocycles. The zero-order chi connectivity index (χ0) is 21.5.